The van der Waals surface area contributed by atoms with Crippen LogP contribution in [0.15, 0.2) is 48.5 Å². The van der Waals surface area contributed by atoms with Gasteiger partial charge in [-0.25, -0.2) is 4.39 Å². The molecule has 0 unspecified atom stereocenters. The number of piperidine rings is 1. The van der Waals surface area contributed by atoms with E-state index in [1.165, 1.54) is 6.07 Å². The standard InChI is InChI=1S/C22H27FN2O3/c1-28-21-9-5-4-8-20(21)24-14-11-18(12-15-24)25(16-22(26)27)13-10-17-6-2-3-7-19(17)23/h2-9,18H,10-16H2,1H3,(H,26,27). The number of para-hydroxylation sites is 2. The number of rotatable bonds is 8. The maximum atomic E-state index is 13.9. The molecular weight excluding hydrogens is 359 g/mol. The maximum Gasteiger partial charge on any atom is 0.317 e. The molecule has 6 heteroatoms. The van der Waals surface area contributed by atoms with E-state index in [-0.39, 0.29) is 18.4 Å². The first-order valence-electron chi connectivity index (χ1n) is 9.65. The van der Waals surface area contributed by atoms with E-state index in [2.05, 4.69) is 4.90 Å². The van der Waals surface area contributed by atoms with E-state index in [0.717, 1.165) is 37.4 Å². The van der Waals surface area contributed by atoms with Crippen molar-refractivity contribution in [2.45, 2.75) is 25.3 Å². The molecule has 28 heavy (non-hydrogen) atoms. The Labute approximate surface area is 165 Å². The van der Waals surface area contributed by atoms with Crippen LogP contribution in [0.25, 0.3) is 0 Å². The minimum absolute atomic E-state index is 0.0201. The van der Waals surface area contributed by atoms with Crippen LogP contribution in [0.3, 0.4) is 0 Å². The van der Waals surface area contributed by atoms with Crippen LogP contribution in [0.5, 0.6) is 5.75 Å². The second-order valence-corrected chi connectivity index (χ2v) is 7.10. The lowest BCUT2D eigenvalue weighted by molar-refractivity contribution is -0.139. The number of hydrogen-bond donors (Lipinski definition) is 1. The van der Waals surface area contributed by atoms with Crippen molar-refractivity contribution in [2.24, 2.45) is 0 Å². The Morgan fingerprint density at radius 1 is 1.18 bits per heavy atom. The van der Waals surface area contributed by atoms with Crippen molar-refractivity contribution in [1.29, 1.82) is 0 Å². The molecular formula is C22H27FN2O3. The van der Waals surface area contributed by atoms with Crippen molar-refractivity contribution in [3.8, 4) is 5.75 Å². The monoisotopic (exact) mass is 386 g/mol. The Kier molecular flexibility index (Phi) is 6.87. The number of carboxylic acids is 1. The molecule has 1 aliphatic heterocycles. The number of hydrogen-bond acceptors (Lipinski definition) is 4. The number of ether oxygens (including phenoxy) is 1. The number of aliphatic carboxylic acids is 1. The molecule has 0 aromatic heterocycles. The van der Waals surface area contributed by atoms with Crippen LogP contribution in [0, 0.1) is 5.82 Å². The fourth-order valence-corrected chi connectivity index (χ4v) is 3.89. The van der Waals surface area contributed by atoms with Gasteiger partial charge in [-0.3, -0.25) is 9.69 Å². The zero-order chi connectivity index (χ0) is 19.9. The molecule has 1 heterocycles. The van der Waals surface area contributed by atoms with Crippen LogP contribution in [-0.4, -0.2) is 55.3 Å². The Bertz CT molecular complexity index is 791. The van der Waals surface area contributed by atoms with Crippen molar-refractivity contribution < 1.29 is 19.0 Å². The third kappa shape index (κ3) is 5.01. The molecule has 0 amide bonds. The Morgan fingerprint density at radius 2 is 1.86 bits per heavy atom. The van der Waals surface area contributed by atoms with Gasteiger partial charge in [-0.2, -0.15) is 0 Å². The predicted molar refractivity (Wildman–Crippen MR) is 108 cm³/mol. The molecule has 0 radical (unpaired) electrons. The summed E-state index contributed by atoms with van der Waals surface area (Å²) in [5, 5.41) is 9.32. The highest BCUT2D eigenvalue weighted by molar-refractivity contribution is 5.69. The lowest BCUT2D eigenvalue weighted by atomic mass is 10.0. The third-order valence-electron chi connectivity index (χ3n) is 5.37. The fourth-order valence-electron chi connectivity index (χ4n) is 3.89. The topological polar surface area (TPSA) is 53.0 Å². The summed E-state index contributed by atoms with van der Waals surface area (Å²) in [5.74, 6) is -0.229. The van der Waals surface area contributed by atoms with Gasteiger partial charge in [-0.15, -0.1) is 0 Å². The molecule has 0 bridgehead atoms. The first-order valence-corrected chi connectivity index (χ1v) is 9.65. The molecule has 0 atom stereocenters. The molecule has 0 aliphatic carbocycles. The van der Waals surface area contributed by atoms with Gasteiger partial charge in [0.1, 0.15) is 11.6 Å². The minimum Gasteiger partial charge on any atom is -0.495 e. The van der Waals surface area contributed by atoms with E-state index in [1.807, 2.05) is 35.2 Å². The lowest BCUT2D eigenvalue weighted by Crippen LogP contribution is -2.47. The van der Waals surface area contributed by atoms with Gasteiger partial charge >= 0.3 is 5.97 Å². The average Bonchev–Trinajstić information content (AvgIpc) is 2.72. The van der Waals surface area contributed by atoms with Gasteiger partial charge in [0, 0.05) is 25.7 Å². The molecule has 5 nitrogen and oxygen atoms in total. The van der Waals surface area contributed by atoms with E-state index < -0.39 is 5.97 Å². The molecule has 2 aromatic carbocycles. The van der Waals surface area contributed by atoms with Crippen molar-refractivity contribution in [1.82, 2.24) is 4.90 Å². The van der Waals surface area contributed by atoms with E-state index in [4.69, 9.17) is 4.74 Å². The third-order valence-corrected chi connectivity index (χ3v) is 5.37. The number of methoxy groups -OCH3 is 1. The van der Waals surface area contributed by atoms with Crippen LogP contribution in [0.2, 0.25) is 0 Å². The van der Waals surface area contributed by atoms with Crippen LogP contribution < -0.4 is 9.64 Å². The summed E-state index contributed by atoms with van der Waals surface area (Å²) in [6.07, 6.45) is 2.23. The van der Waals surface area contributed by atoms with E-state index in [0.29, 0.717) is 18.5 Å². The zero-order valence-electron chi connectivity index (χ0n) is 16.2. The zero-order valence-corrected chi connectivity index (χ0v) is 16.2. The second-order valence-electron chi connectivity index (χ2n) is 7.10. The van der Waals surface area contributed by atoms with E-state index in [1.54, 1.807) is 19.2 Å². The first kappa shape index (κ1) is 20.1. The summed E-state index contributed by atoms with van der Waals surface area (Å²) in [6.45, 7) is 2.18. The quantitative estimate of drug-likeness (QED) is 0.753. The van der Waals surface area contributed by atoms with Crippen molar-refractivity contribution in [2.75, 3.05) is 38.2 Å². The number of nitrogens with zero attached hydrogens (tertiary/aromatic N) is 2. The second kappa shape index (κ2) is 9.55. The molecule has 150 valence electrons. The van der Waals surface area contributed by atoms with Crippen LogP contribution in [-0.2, 0) is 11.2 Å². The number of anilines is 1. The van der Waals surface area contributed by atoms with Gasteiger partial charge in [0.2, 0.25) is 0 Å². The van der Waals surface area contributed by atoms with Gasteiger partial charge in [-0.05, 0) is 43.0 Å². The summed E-state index contributed by atoms with van der Waals surface area (Å²) in [6, 6.07) is 14.8. The number of carbonyl (C=O) groups is 1. The largest absolute Gasteiger partial charge is 0.495 e. The molecule has 0 saturated carbocycles. The van der Waals surface area contributed by atoms with Crippen molar-refractivity contribution >= 4 is 11.7 Å². The van der Waals surface area contributed by atoms with Crippen molar-refractivity contribution in [3.63, 3.8) is 0 Å². The SMILES string of the molecule is COc1ccccc1N1CCC(N(CCc2ccccc2F)CC(=O)O)CC1. The highest BCUT2D eigenvalue weighted by Gasteiger charge is 2.27. The molecule has 1 aliphatic rings. The van der Waals surface area contributed by atoms with Crippen molar-refractivity contribution in [3.05, 3.63) is 59.9 Å². The Morgan fingerprint density at radius 3 is 2.54 bits per heavy atom. The Balaban J connectivity index is 1.63. The van der Waals surface area contributed by atoms with E-state index in [9.17, 15) is 14.3 Å². The van der Waals surface area contributed by atoms with Crippen LogP contribution >= 0.6 is 0 Å². The molecule has 3 rings (SSSR count). The first-order chi connectivity index (χ1) is 13.6. The van der Waals surface area contributed by atoms with E-state index >= 15 is 0 Å². The number of carboxylic acid groups (broad SMARTS) is 1. The van der Waals surface area contributed by atoms with Crippen LogP contribution in [0.1, 0.15) is 18.4 Å². The van der Waals surface area contributed by atoms with Gasteiger partial charge in [-0.1, -0.05) is 30.3 Å². The number of benzene rings is 2. The fraction of sp³-hybridized carbons (Fsp3) is 0.409. The highest BCUT2D eigenvalue weighted by atomic mass is 19.1. The van der Waals surface area contributed by atoms with Gasteiger partial charge < -0.3 is 14.7 Å². The summed E-state index contributed by atoms with van der Waals surface area (Å²) in [5.41, 5.74) is 1.70. The highest BCUT2D eigenvalue weighted by Crippen LogP contribution is 2.30. The summed E-state index contributed by atoms with van der Waals surface area (Å²) in [4.78, 5) is 15.6. The Hall–Kier alpha value is -2.60. The smallest absolute Gasteiger partial charge is 0.317 e. The van der Waals surface area contributed by atoms with Gasteiger partial charge in [0.15, 0.2) is 0 Å². The summed E-state index contributed by atoms with van der Waals surface area (Å²) >= 11 is 0. The summed E-state index contributed by atoms with van der Waals surface area (Å²) < 4.78 is 19.4. The maximum absolute atomic E-state index is 13.9. The average molecular weight is 386 g/mol. The molecule has 1 N–H and O–H groups in total. The molecule has 0 spiro atoms. The lowest BCUT2D eigenvalue weighted by Gasteiger charge is -2.39. The molecule has 2 aromatic rings. The normalized spacial score (nSPS) is 15.0. The van der Waals surface area contributed by atoms with Gasteiger partial charge in [0.25, 0.3) is 0 Å². The van der Waals surface area contributed by atoms with Crippen LogP contribution in [0.4, 0.5) is 10.1 Å². The molecule has 1 fully saturated rings. The predicted octanol–water partition coefficient (Wildman–Crippen LogP) is 3.43. The van der Waals surface area contributed by atoms with Gasteiger partial charge in [0.05, 0.1) is 19.3 Å². The molecule has 1 saturated heterocycles. The minimum atomic E-state index is -0.847. The summed E-state index contributed by atoms with van der Waals surface area (Å²) in [7, 11) is 1.67. The number of halogens is 1.